The number of hydrogen-bond donors (Lipinski definition) is 0. The van der Waals surface area contributed by atoms with Crippen molar-refractivity contribution in [1.29, 1.82) is 0 Å². The first-order valence-electron chi connectivity index (χ1n) is 14.1. The molecule has 3 aromatic rings. The van der Waals surface area contributed by atoms with Crippen LogP contribution in [0.25, 0.3) is 0 Å². The standard InChI is InChI=1S/C34H35NO5/c1-33-19-7-6-10-31(33)35(26-8-4-3-5-9-26)32(36-2)34(33,24-11-15-27(16-12-24)37-20-29-22-39-29)25-13-17-28(18-14-25)38-21-30-23-40-30/h3-18,29-30,32H,19-23H2,1-2H3. The zero-order valence-electron chi connectivity index (χ0n) is 23.0. The van der Waals surface area contributed by atoms with Crippen LogP contribution >= 0.6 is 0 Å². The van der Waals surface area contributed by atoms with E-state index >= 15 is 0 Å². The lowest BCUT2D eigenvalue weighted by Gasteiger charge is -2.46. The van der Waals surface area contributed by atoms with Crippen molar-refractivity contribution in [2.45, 2.75) is 37.2 Å². The predicted molar refractivity (Wildman–Crippen MR) is 154 cm³/mol. The number of allylic oxidation sites excluding steroid dienone is 4. The second-order valence-electron chi connectivity index (χ2n) is 11.2. The summed E-state index contributed by atoms with van der Waals surface area (Å²) in [6.07, 6.45) is 7.70. The van der Waals surface area contributed by atoms with Crippen LogP contribution in [-0.2, 0) is 19.6 Å². The van der Waals surface area contributed by atoms with E-state index in [4.69, 9.17) is 23.7 Å². The van der Waals surface area contributed by atoms with Crippen LogP contribution in [0.3, 0.4) is 0 Å². The fourth-order valence-corrected chi connectivity index (χ4v) is 6.62. The Bertz CT molecular complexity index is 1330. The highest BCUT2D eigenvalue weighted by Gasteiger charge is 2.66. The van der Waals surface area contributed by atoms with E-state index in [2.05, 4.69) is 109 Å². The molecule has 4 unspecified atom stereocenters. The van der Waals surface area contributed by atoms with Gasteiger partial charge in [0.05, 0.1) is 18.6 Å². The molecule has 0 saturated carbocycles. The highest BCUT2D eigenvalue weighted by molar-refractivity contribution is 5.66. The van der Waals surface area contributed by atoms with Crippen LogP contribution in [0.5, 0.6) is 11.5 Å². The average Bonchev–Trinajstić information content (AvgIpc) is 3.93. The largest absolute Gasteiger partial charge is 0.491 e. The topological polar surface area (TPSA) is 56.0 Å². The average molecular weight is 538 g/mol. The molecule has 40 heavy (non-hydrogen) atoms. The van der Waals surface area contributed by atoms with Crippen molar-refractivity contribution in [3.63, 3.8) is 0 Å². The Morgan fingerprint density at radius 2 is 1.35 bits per heavy atom. The SMILES string of the molecule is COC1N(c2ccccc2)C2=CC=CCC2(C)C1(c1ccc(OCC2CO2)cc1)c1ccc(OCC2CO2)cc1. The molecule has 3 fully saturated rings. The van der Waals surface area contributed by atoms with Gasteiger partial charge >= 0.3 is 0 Å². The van der Waals surface area contributed by atoms with Gasteiger partial charge in [0, 0.05) is 23.9 Å². The predicted octanol–water partition coefficient (Wildman–Crippen LogP) is 5.87. The van der Waals surface area contributed by atoms with E-state index in [1.165, 1.54) is 16.8 Å². The van der Waals surface area contributed by atoms with Gasteiger partial charge in [-0.05, 0) is 60.0 Å². The zero-order valence-corrected chi connectivity index (χ0v) is 23.0. The van der Waals surface area contributed by atoms with Crippen LogP contribution in [0.2, 0.25) is 0 Å². The van der Waals surface area contributed by atoms with Crippen LogP contribution in [0.4, 0.5) is 5.69 Å². The minimum atomic E-state index is -0.537. The molecule has 206 valence electrons. The van der Waals surface area contributed by atoms with Gasteiger partial charge in [-0.15, -0.1) is 0 Å². The monoisotopic (exact) mass is 537 g/mol. The van der Waals surface area contributed by atoms with E-state index in [9.17, 15) is 0 Å². The molecule has 0 N–H and O–H groups in total. The maximum atomic E-state index is 6.56. The molecule has 3 heterocycles. The summed E-state index contributed by atoms with van der Waals surface area (Å²) >= 11 is 0. The molecule has 3 aromatic carbocycles. The summed E-state index contributed by atoms with van der Waals surface area (Å²) in [6.45, 7) is 5.09. The summed E-state index contributed by atoms with van der Waals surface area (Å²) in [5.41, 5.74) is 3.87. The number of fused-ring (bicyclic) bond motifs is 1. The number of para-hydroxylation sites is 1. The molecule has 3 saturated heterocycles. The van der Waals surface area contributed by atoms with Crippen molar-refractivity contribution in [1.82, 2.24) is 0 Å². The Kier molecular flexibility index (Phi) is 6.42. The number of methoxy groups -OCH3 is 1. The van der Waals surface area contributed by atoms with Gasteiger partial charge in [0.15, 0.2) is 0 Å². The number of ether oxygens (including phenoxy) is 5. The summed E-state index contributed by atoms with van der Waals surface area (Å²) in [5.74, 6) is 1.69. The first-order chi connectivity index (χ1) is 19.6. The van der Waals surface area contributed by atoms with Gasteiger partial charge in [0.2, 0.25) is 0 Å². The Balaban J connectivity index is 1.37. The molecule has 0 aromatic heterocycles. The van der Waals surface area contributed by atoms with Crippen molar-refractivity contribution in [3.05, 3.63) is 114 Å². The number of nitrogens with zero attached hydrogens (tertiary/aromatic N) is 1. The summed E-state index contributed by atoms with van der Waals surface area (Å²) in [7, 11) is 1.82. The second-order valence-corrected chi connectivity index (χ2v) is 11.2. The molecule has 4 aliphatic rings. The van der Waals surface area contributed by atoms with Crippen molar-refractivity contribution >= 4 is 5.69 Å². The molecule has 6 heteroatoms. The summed E-state index contributed by atoms with van der Waals surface area (Å²) in [6, 6.07) is 27.7. The Morgan fingerprint density at radius 3 is 1.85 bits per heavy atom. The molecule has 6 nitrogen and oxygen atoms in total. The molecule has 0 spiro atoms. The molecule has 0 radical (unpaired) electrons. The minimum Gasteiger partial charge on any atom is -0.491 e. The molecule has 0 bridgehead atoms. The van der Waals surface area contributed by atoms with E-state index in [-0.39, 0.29) is 23.9 Å². The summed E-state index contributed by atoms with van der Waals surface area (Å²) < 4.78 is 29.2. The Morgan fingerprint density at radius 1 is 0.800 bits per heavy atom. The number of benzene rings is 3. The quantitative estimate of drug-likeness (QED) is 0.302. The molecule has 7 rings (SSSR count). The fourth-order valence-electron chi connectivity index (χ4n) is 6.62. The second kappa shape index (κ2) is 10.1. The minimum absolute atomic E-state index is 0.214. The Hall–Kier alpha value is -3.58. The van der Waals surface area contributed by atoms with Gasteiger partial charge in [-0.2, -0.15) is 0 Å². The van der Waals surface area contributed by atoms with Crippen LogP contribution < -0.4 is 14.4 Å². The van der Waals surface area contributed by atoms with Gasteiger partial charge < -0.3 is 28.6 Å². The molecule has 3 aliphatic heterocycles. The Labute approximate surface area is 235 Å². The van der Waals surface area contributed by atoms with Gasteiger partial charge in [-0.1, -0.05) is 61.5 Å². The molecular weight excluding hydrogens is 502 g/mol. The fraction of sp³-hybridized carbons (Fsp3) is 0.353. The van der Waals surface area contributed by atoms with Gasteiger partial charge in [-0.25, -0.2) is 0 Å². The van der Waals surface area contributed by atoms with Crippen LogP contribution in [-0.4, -0.2) is 52.0 Å². The van der Waals surface area contributed by atoms with Crippen molar-refractivity contribution in [3.8, 4) is 11.5 Å². The van der Waals surface area contributed by atoms with Crippen LogP contribution in [0.15, 0.2) is 103 Å². The smallest absolute Gasteiger partial charge is 0.148 e. The van der Waals surface area contributed by atoms with E-state index in [1.54, 1.807) is 0 Å². The van der Waals surface area contributed by atoms with E-state index in [0.717, 1.165) is 36.8 Å². The normalized spacial score (nSPS) is 30.0. The van der Waals surface area contributed by atoms with Gasteiger partial charge in [-0.3, -0.25) is 0 Å². The number of anilines is 1. The third-order valence-electron chi connectivity index (χ3n) is 8.77. The van der Waals surface area contributed by atoms with Crippen LogP contribution in [0, 0.1) is 5.41 Å². The molecule has 1 aliphatic carbocycles. The number of rotatable bonds is 10. The van der Waals surface area contributed by atoms with Crippen molar-refractivity contribution < 1.29 is 23.7 Å². The van der Waals surface area contributed by atoms with Crippen molar-refractivity contribution in [2.24, 2.45) is 5.41 Å². The third-order valence-corrected chi connectivity index (χ3v) is 8.77. The highest BCUT2D eigenvalue weighted by atomic mass is 16.6. The maximum absolute atomic E-state index is 6.56. The number of epoxide rings is 2. The third kappa shape index (κ3) is 4.22. The van der Waals surface area contributed by atoms with Gasteiger partial charge in [0.25, 0.3) is 0 Å². The molecule has 0 amide bonds. The lowest BCUT2D eigenvalue weighted by atomic mass is 9.55. The molecular formula is C34H35NO5. The number of hydrogen-bond acceptors (Lipinski definition) is 6. The maximum Gasteiger partial charge on any atom is 0.148 e. The lowest BCUT2D eigenvalue weighted by Crippen LogP contribution is -2.50. The summed E-state index contributed by atoms with van der Waals surface area (Å²) in [5, 5.41) is 0. The van der Waals surface area contributed by atoms with Gasteiger partial charge in [0.1, 0.15) is 43.1 Å². The first kappa shape index (κ1) is 25.4. The van der Waals surface area contributed by atoms with E-state index in [0.29, 0.717) is 13.2 Å². The van der Waals surface area contributed by atoms with E-state index in [1.807, 2.05) is 7.11 Å². The summed E-state index contributed by atoms with van der Waals surface area (Å²) in [4.78, 5) is 2.38. The first-order valence-corrected chi connectivity index (χ1v) is 14.1. The molecule has 4 atom stereocenters. The van der Waals surface area contributed by atoms with E-state index < -0.39 is 5.41 Å². The lowest BCUT2D eigenvalue weighted by molar-refractivity contribution is 0.0377. The highest BCUT2D eigenvalue weighted by Crippen LogP contribution is 2.64. The van der Waals surface area contributed by atoms with Crippen LogP contribution in [0.1, 0.15) is 24.5 Å². The zero-order chi connectivity index (χ0) is 27.2. The van der Waals surface area contributed by atoms with Crippen molar-refractivity contribution in [2.75, 3.05) is 38.4 Å².